The number of pyridine rings is 1. The molecule has 18 heavy (non-hydrogen) atoms. The van der Waals surface area contributed by atoms with Gasteiger partial charge in [0.15, 0.2) is 0 Å². The van der Waals surface area contributed by atoms with Crippen LogP contribution < -0.4 is 4.74 Å². The van der Waals surface area contributed by atoms with Gasteiger partial charge in [-0.1, -0.05) is 24.3 Å². The maximum Gasteiger partial charge on any atom is 0.128 e. The molecule has 0 fully saturated rings. The van der Waals surface area contributed by atoms with Crippen molar-refractivity contribution >= 4 is 10.9 Å². The van der Waals surface area contributed by atoms with E-state index in [2.05, 4.69) is 11.1 Å². The van der Waals surface area contributed by atoms with E-state index in [1.54, 1.807) is 0 Å². The summed E-state index contributed by atoms with van der Waals surface area (Å²) in [7, 11) is 0. The van der Waals surface area contributed by atoms with E-state index in [1.807, 2.05) is 61.5 Å². The molecular formula is C16H13NO. The minimum Gasteiger partial charge on any atom is -0.457 e. The minimum atomic E-state index is 0.833. The van der Waals surface area contributed by atoms with Crippen LogP contribution in [0.4, 0.5) is 0 Å². The fourth-order valence-electron chi connectivity index (χ4n) is 1.89. The smallest absolute Gasteiger partial charge is 0.128 e. The third-order valence-corrected chi connectivity index (χ3v) is 2.78. The summed E-state index contributed by atoms with van der Waals surface area (Å²) in [5, 5.41) is 1.09. The fourth-order valence-corrected chi connectivity index (χ4v) is 1.89. The maximum atomic E-state index is 5.79. The summed E-state index contributed by atoms with van der Waals surface area (Å²) in [6, 6.07) is 19.8. The first-order chi connectivity index (χ1) is 8.81. The Hall–Kier alpha value is -2.35. The second kappa shape index (κ2) is 4.49. The first-order valence-electron chi connectivity index (χ1n) is 5.91. The van der Waals surface area contributed by atoms with E-state index in [0.717, 1.165) is 28.1 Å². The summed E-state index contributed by atoms with van der Waals surface area (Å²) >= 11 is 0. The monoisotopic (exact) mass is 235 g/mol. The molecule has 0 radical (unpaired) electrons. The highest BCUT2D eigenvalue weighted by atomic mass is 16.5. The molecule has 0 spiro atoms. The van der Waals surface area contributed by atoms with Crippen LogP contribution in [-0.2, 0) is 0 Å². The standard InChI is InChI=1S/C16H13NO/c1-12-7-8-13-11-15(9-10-16(13)17-12)18-14-5-3-2-4-6-14/h2-11H,1H3. The number of benzene rings is 2. The molecule has 88 valence electrons. The lowest BCUT2D eigenvalue weighted by atomic mass is 10.2. The molecule has 0 saturated heterocycles. The number of ether oxygens (including phenoxy) is 1. The van der Waals surface area contributed by atoms with Gasteiger partial charge in [-0.25, -0.2) is 0 Å². The summed E-state index contributed by atoms with van der Waals surface area (Å²) in [6.07, 6.45) is 0. The van der Waals surface area contributed by atoms with E-state index >= 15 is 0 Å². The second-order valence-corrected chi connectivity index (χ2v) is 4.22. The average molecular weight is 235 g/mol. The van der Waals surface area contributed by atoms with Gasteiger partial charge in [-0.3, -0.25) is 4.98 Å². The number of para-hydroxylation sites is 1. The van der Waals surface area contributed by atoms with Crippen molar-refractivity contribution in [3.8, 4) is 11.5 Å². The minimum absolute atomic E-state index is 0.833. The van der Waals surface area contributed by atoms with Crippen LogP contribution in [0, 0.1) is 6.92 Å². The third kappa shape index (κ3) is 2.18. The van der Waals surface area contributed by atoms with Crippen molar-refractivity contribution < 1.29 is 4.74 Å². The Morgan fingerprint density at radius 1 is 0.833 bits per heavy atom. The van der Waals surface area contributed by atoms with Gasteiger partial charge >= 0.3 is 0 Å². The molecule has 1 aromatic heterocycles. The molecule has 2 heteroatoms. The van der Waals surface area contributed by atoms with Crippen LogP contribution in [0.15, 0.2) is 60.7 Å². The van der Waals surface area contributed by atoms with Crippen molar-refractivity contribution in [2.24, 2.45) is 0 Å². The van der Waals surface area contributed by atoms with Crippen molar-refractivity contribution in [1.82, 2.24) is 4.98 Å². The molecule has 0 saturated carbocycles. The maximum absolute atomic E-state index is 5.79. The zero-order valence-corrected chi connectivity index (χ0v) is 10.1. The Labute approximate surface area is 106 Å². The van der Waals surface area contributed by atoms with Gasteiger partial charge in [0.1, 0.15) is 11.5 Å². The lowest BCUT2D eigenvalue weighted by molar-refractivity contribution is 0.483. The van der Waals surface area contributed by atoms with E-state index in [-0.39, 0.29) is 0 Å². The second-order valence-electron chi connectivity index (χ2n) is 4.22. The highest BCUT2D eigenvalue weighted by Crippen LogP contribution is 2.24. The Morgan fingerprint density at radius 2 is 1.67 bits per heavy atom. The molecule has 0 N–H and O–H groups in total. The molecule has 3 rings (SSSR count). The Kier molecular flexibility index (Phi) is 2.69. The Bertz CT molecular complexity index is 677. The van der Waals surface area contributed by atoms with Crippen LogP contribution in [0.2, 0.25) is 0 Å². The number of hydrogen-bond donors (Lipinski definition) is 0. The molecule has 0 unspecified atom stereocenters. The van der Waals surface area contributed by atoms with Crippen LogP contribution >= 0.6 is 0 Å². The van der Waals surface area contributed by atoms with E-state index in [1.165, 1.54) is 0 Å². The number of fused-ring (bicyclic) bond motifs is 1. The largest absolute Gasteiger partial charge is 0.457 e. The van der Waals surface area contributed by atoms with Gasteiger partial charge < -0.3 is 4.74 Å². The summed E-state index contributed by atoms with van der Waals surface area (Å²) in [6.45, 7) is 1.99. The highest BCUT2D eigenvalue weighted by molar-refractivity contribution is 5.80. The molecule has 2 aromatic carbocycles. The van der Waals surface area contributed by atoms with Gasteiger partial charge in [0, 0.05) is 11.1 Å². The van der Waals surface area contributed by atoms with Crippen molar-refractivity contribution in [2.75, 3.05) is 0 Å². The number of hydrogen-bond acceptors (Lipinski definition) is 2. The lowest BCUT2D eigenvalue weighted by Crippen LogP contribution is -1.86. The van der Waals surface area contributed by atoms with Crippen LogP contribution in [0.1, 0.15) is 5.69 Å². The van der Waals surface area contributed by atoms with Gasteiger partial charge in [-0.05, 0) is 43.3 Å². The van der Waals surface area contributed by atoms with Crippen molar-refractivity contribution in [2.45, 2.75) is 6.92 Å². The number of aryl methyl sites for hydroxylation is 1. The number of rotatable bonds is 2. The summed E-state index contributed by atoms with van der Waals surface area (Å²) < 4.78 is 5.79. The fraction of sp³-hybridized carbons (Fsp3) is 0.0625. The van der Waals surface area contributed by atoms with Gasteiger partial charge in [-0.2, -0.15) is 0 Å². The summed E-state index contributed by atoms with van der Waals surface area (Å²) in [5.41, 5.74) is 2.02. The molecular weight excluding hydrogens is 222 g/mol. The predicted octanol–water partition coefficient (Wildman–Crippen LogP) is 4.34. The van der Waals surface area contributed by atoms with E-state index in [9.17, 15) is 0 Å². The van der Waals surface area contributed by atoms with Gasteiger partial charge in [0.25, 0.3) is 0 Å². The molecule has 0 aliphatic rings. The molecule has 1 heterocycles. The van der Waals surface area contributed by atoms with Crippen LogP contribution in [0.25, 0.3) is 10.9 Å². The van der Waals surface area contributed by atoms with Crippen molar-refractivity contribution in [3.63, 3.8) is 0 Å². The molecule has 0 atom stereocenters. The Morgan fingerprint density at radius 3 is 2.50 bits per heavy atom. The van der Waals surface area contributed by atoms with E-state index in [4.69, 9.17) is 4.74 Å². The molecule has 3 aromatic rings. The van der Waals surface area contributed by atoms with Gasteiger partial charge in [-0.15, -0.1) is 0 Å². The molecule has 0 bridgehead atoms. The van der Waals surface area contributed by atoms with Crippen molar-refractivity contribution in [3.05, 3.63) is 66.4 Å². The first-order valence-corrected chi connectivity index (χ1v) is 5.91. The SMILES string of the molecule is Cc1ccc2cc(Oc3ccccc3)ccc2n1. The van der Waals surface area contributed by atoms with Crippen LogP contribution in [-0.4, -0.2) is 4.98 Å². The van der Waals surface area contributed by atoms with Crippen LogP contribution in [0.5, 0.6) is 11.5 Å². The quantitative estimate of drug-likeness (QED) is 0.659. The zero-order chi connectivity index (χ0) is 12.4. The number of nitrogens with zero attached hydrogens (tertiary/aromatic N) is 1. The Balaban J connectivity index is 1.96. The van der Waals surface area contributed by atoms with E-state index in [0.29, 0.717) is 0 Å². The summed E-state index contributed by atoms with van der Waals surface area (Å²) in [5.74, 6) is 1.68. The topological polar surface area (TPSA) is 22.1 Å². The molecule has 2 nitrogen and oxygen atoms in total. The number of aromatic nitrogens is 1. The lowest BCUT2D eigenvalue weighted by Gasteiger charge is -2.06. The van der Waals surface area contributed by atoms with Crippen LogP contribution in [0.3, 0.4) is 0 Å². The molecule has 0 amide bonds. The zero-order valence-electron chi connectivity index (χ0n) is 10.1. The normalized spacial score (nSPS) is 10.5. The van der Waals surface area contributed by atoms with E-state index < -0.39 is 0 Å². The highest BCUT2D eigenvalue weighted by Gasteiger charge is 2.00. The first kappa shape index (κ1) is 10.8. The van der Waals surface area contributed by atoms with Crippen molar-refractivity contribution in [1.29, 1.82) is 0 Å². The predicted molar refractivity (Wildman–Crippen MR) is 73.0 cm³/mol. The third-order valence-electron chi connectivity index (χ3n) is 2.78. The van der Waals surface area contributed by atoms with Gasteiger partial charge in [0.05, 0.1) is 5.52 Å². The summed E-state index contributed by atoms with van der Waals surface area (Å²) in [4.78, 5) is 4.47. The van der Waals surface area contributed by atoms with Gasteiger partial charge in [0.2, 0.25) is 0 Å². The average Bonchev–Trinajstić information content (AvgIpc) is 2.40. The molecule has 0 aliphatic heterocycles. The molecule has 0 aliphatic carbocycles.